The van der Waals surface area contributed by atoms with Crippen LogP contribution in [0.1, 0.15) is 23.0 Å². The van der Waals surface area contributed by atoms with Crippen LogP contribution >= 0.6 is 0 Å². The monoisotopic (exact) mass is 499 g/mol. The number of anilines is 2. The van der Waals surface area contributed by atoms with E-state index in [-0.39, 0.29) is 22.6 Å². The van der Waals surface area contributed by atoms with E-state index in [2.05, 4.69) is 10.3 Å². The Kier molecular flexibility index (Phi) is 5.83. The van der Waals surface area contributed by atoms with Crippen molar-refractivity contribution in [3.8, 4) is 5.75 Å². The average molecular weight is 499 g/mol. The number of carboxylic acid groups (broad SMARTS) is 1. The summed E-state index contributed by atoms with van der Waals surface area (Å²) in [6.07, 6.45) is 1.53. The third kappa shape index (κ3) is 3.76. The number of hydrogen-bond donors (Lipinski definition) is 2. The molecule has 0 bridgehead atoms. The molecule has 0 saturated carbocycles. The second kappa shape index (κ2) is 9.02. The van der Waals surface area contributed by atoms with Crippen LogP contribution in [0.3, 0.4) is 0 Å². The smallest absolute Gasteiger partial charge is 0.309 e. The molecule has 1 aliphatic heterocycles. The van der Waals surface area contributed by atoms with Crippen LogP contribution in [0.15, 0.2) is 79.0 Å². The summed E-state index contributed by atoms with van der Waals surface area (Å²) in [4.78, 5) is 45.4. The highest BCUT2D eigenvalue weighted by molar-refractivity contribution is 6.16. The van der Waals surface area contributed by atoms with Gasteiger partial charge in [0.1, 0.15) is 17.3 Å². The van der Waals surface area contributed by atoms with Crippen LogP contribution in [0.4, 0.5) is 15.8 Å². The summed E-state index contributed by atoms with van der Waals surface area (Å²) in [7, 11) is 1.44. The number of rotatable bonds is 6. The van der Waals surface area contributed by atoms with Gasteiger partial charge in [-0.3, -0.25) is 24.3 Å². The van der Waals surface area contributed by atoms with E-state index in [1.54, 1.807) is 18.2 Å². The van der Waals surface area contributed by atoms with Gasteiger partial charge in [-0.05, 0) is 36.6 Å². The molecule has 2 heterocycles. The minimum absolute atomic E-state index is 0.00265. The molecule has 4 aromatic rings. The molecule has 1 aliphatic rings. The Balaban J connectivity index is 1.70. The molecule has 3 aromatic carbocycles. The highest BCUT2D eigenvalue weighted by Crippen LogP contribution is 2.49. The van der Waals surface area contributed by atoms with E-state index in [4.69, 9.17) is 4.74 Å². The van der Waals surface area contributed by atoms with Crippen LogP contribution in [0.25, 0.3) is 10.8 Å². The molecule has 0 radical (unpaired) electrons. The number of aliphatic carboxylic acids is 1. The number of benzene rings is 3. The number of nitrogens with zero attached hydrogens (tertiary/aromatic N) is 2. The number of ether oxygens (including phenoxy) is 1. The Morgan fingerprint density at radius 3 is 2.43 bits per heavy atom. The molecule has 5 rings (SSSR count). The number of para-hydroxylation sites is 1. The van der Waals surface area contributed by atoms with Crippen molar-refractivity contribution in [1.29, 1.82) is 0 Å². The first-order chi connectivity index (χ1) is 17.8. The number of pyridine rings is 1. The number of nitrogens with one attached hydrogen (secondary N) is 1. The molecule has 0 spiro atoms. The standard InChI is InChI=1S/C28H22FN3O5/c1-16(26(34)35)28(31-25(33)22-13-17-7-3-4-8-18(17)15-30-22)20-12-11-19(37-2)14-24(20)32(27(28)36)23-10-6-5-9-21(23)29/h3-16H,1-2H3,(H,31,33)(H,34,35). The van der Waals surface area contributed by atoms with Gasteiger partial charge in [0.05, 0.1) is 24.4 Å². The topological polar surface area (TPSA) is 109 Å². The van der Waals surface area contributed by atoms with Gasteiger partial charge < -0.3 is 15.2 Å². The number of halogens is 1. The van der Waals surface area contributed by atoms with E-state index in [0.717, 1.165) is 15.7 Å². The second-order valence-electron chi connectivity index (χ2n) is 8.71. The first-order valence-corrected chi connectivity index (χ1v) is 11.5. The number of carbonyl (C=O) groups is 3. The lowest BCUT2D eigenvalue weighted by molar-refractivity contribution is -0.147. The minimum Gasteiger partial charge on any atom is -0.497 e. The van der Waals surface area contributed by atoms with Gasteiger partial charge in [0, 0.05) is 23.2 Å². The zero-order valence-electron chi connectivity index (χ0n) is 19.9. The molecule has 8 nitrogen and oxygen atoms in total. The Bertz CT molecular complexity index is 1570. The lowest BCUT2D eigenvalue weighted by Crippen LogP contribution is -2.58. The van der Waals surface area contributed by atoms with Gasteiger partial charge in [-0.2, -0.15) is 0 Å². The van der Waals surface area contributed by atoms with Crippen molar-refractivity contribution in [1.82, 2.24) is 10.3 Å². The normalized spacial score (nSPS) is 17.4. The molecule has 2 unspecified atom stereocenters. The van der Waals surface area contributed by atoms with Gasteiger partial charge in [-0.25, -0.2) is 4.39 Å². The van der Waals surface area contributed by atoms with E-state index in [1.807, 2.05) is 24.3 Å². The third-order valence-electron chi connectivity index (χ3n) is 6.70. The molecular weight excluding hydrogens is 477 g/mol. The maximum absolute atomic E-state index is 14.9. The zero-order chi connectivity index (χ0) is 26.3. The van der Waals surface area contributed by atoms with Crippen molar-refractivity contribution in [2.45, 2.75) is 12.5 Å². The summed E-state index contributed by atoms with van der Waals surface area (Å²) in [5.74, 6) is -4.63. The third-order valence-corrected chi connectivity index (χ3v) is 6.70. The molecule has 0 saturated heterocycles. The van der Waals surface area contributed by atoms with Crippen LogP contribution in [-0.4, -0.2) is 35.0 Å². The number of methoxy groups -OCH3 is 1. The SMILES string of the molecule is COc1ccc2c(c1)N(c1ccccc1F)C(=O)C2(NC(=O)c1cc2ccccc2cn1)C(C)C(=O)O. The van der Waals surface area contributed by atoms with Crippen molar-refractivity contribution >= 4 is 39.9 Å². The summed E-state index contributed by atoms with van der Waals surface area (Å²) in [6.45, 7) is 1.33. The highest BCUT2D eigenvalue weighted by atomic mass is 19.1. The number of hydrogen-bond acceptors (Lipinski definition) is 5. The van der Waals surface area contributed by atoms with Crippen molar-refractivity contribution in [3.63, 3.8) is 0 Å². The quantitative estimate of drug-likeness (QED) is 0.407. The summed E-state index contributed by atoms with van der Waals surface area (Å²) in [6, 6.07) is 19.1. The van der Waals surface area contributed by atoms with Gasteiger partial charge in [-0.1, -0.05) is 42.5 Å². The van der Waals surface area contributed by atoms with E-state index in [1.165, 1.54) is 50.6 Å². The Morgan fingerprint density at radius 1 is 1.03 bits per heavy atom. The lowest BCUT2D eigenvalue weighted by Gasteiger charge is -2.33. The fourth-order valence-electron chi connectivity index (χ4n) is 4.71. The highest BCUT2D eigenvalue weighted by Gasteiger charge is 2.58. The summed E-state index contributed by atoms with van der Waals surface area (Å²) >= 11 is 0. The summed E-state index contributed by atoms with van der Waals surface area (Å²) in [5, 5.41) is 14.3. The maximum atomic E-state index is 14.9. The molecule has 2 N–H and O–H groups in total. The molecule has 37 heavy (non-hydrogen) atoms. The van der Waals surface area contributed by atoms with Crippen molar-refractivity contribution in [3.05, 3.63) is 96.1 Å². The summed E-state index contributed by atoms with van der Waals surface area (Å²) < 4.78 is 20.3. The van der Waals surface area contributed by atoms with Crippen molar-refractivity contribution < 1.29 is 28.6 Å². The number of carbonyl (C=O) groups excluding carboxylic acids is 2. The molecular formula is C28H22FN3O5. The van der Waals surface area contributed by atoms with Crippen LogP contribution in [0.5, 0.6) is 5.75 Å². The predicted molar refractivity (Wildman–Crippen MR) is 134 cm³/mol. The lowest BCUT2D eigenvalue weighted by atomic mass is 9.79. The number of aromatic nitrogens is 1. The van der Waals surface area contributed by atoms with E-state index in [9.17, 15) is 23.9 Å². The molecule has 186 valence electrons. The van der Waals surface area contributed by atoms with Crippen LogP contribution in [0, 0.1) is 11.7 Å². The first kappa shape index (κ1) is 23.9. The van der Waals surface area contributed by atoms with Gasteiger partial charge in [0.2, 0.25) is 0 Å². The van der Waals surface area contributed by atoms with E-state index >= 15 is 0 Å². The number of amides is 2. The van der Waals surface area contributed by atoms with E-state index in [0.29, 0.717) is 5.75 Å². The van der Waals surface area contributed by atoms with Gasteiger partial charge in [-0.15, -0.1) is 0 Å². The zero-order valence-corrected chi connectivity index (χ0v) is 19.9. The van der Waals surface area contributed by atoms with Gasteiger partial charge in [0.15, 0.2) is 5.54 Å². The fraction of sp³-hybridized carbons (Fsp3) is 0.143. The Hall–Kier alpha value is -4.79. The largest absolute Gasteiger partial charge is 0.497 e. The van der Waals surface area contributed by atoms with E-state index < -0.39 is 35.1 Å². The molecule has 0 aliphatic carbocycles. The second-order valence-corrected chi connectivity index (χ2v) is 8.71. The molecule has 1 aromatic heterocycles. The predicted octanol–water partition coefficient (Wildman–Crippen LogP) is 4.41. The van der Waals surface area contributed by atoms with Crippen molar-refractivity contribution in [2.75, 3.05) is 12.0 Å². The van der Waals surface area contributed by atoms with Crippen LogP contribution in [0.2, 0.25) is 0 Å². The van der Waals surface area contributed by atoms with Crippen molar-refractivity contribution in [2.24, 2.45) is 5.92 Å². The molecule has 9 heteroatoms. The molecule has 2 amide bonds. The van der Waals surface area contributed by atoms with Crippen LogP contribution in [-0.2, 0) is 15.1 Å². The Morgan fingerprint density at radius 2 is 1.73 bits per heavy atom. The maximum Gasteiger partial charge on any atom is 0.309 e. The summed E-state index contributed by atoms with van der Waals surface area (Å²) in [5.41, 5.74) is -1.73. The van der Waals surface area contributed by atoms with Crippen LogP contribution < -0.4 is 15.0 Å². The molecule has 2 atom stereocenters. The average Bonchev–Trinajstić information content (AvgIpc) is 3.15. The van der Waals surface area contributed by atoms with Gasteiger partial charge >= 0.3 is 5.97 Å². The minimum atomic E-state index is -2.06. The van der Waals surface area contributed by atoms with Gasteiger partial charge in [0.25, 0.3) is 11.8 Å². The fourth-order valence-corrected chi connectivity index (χ4v) is 4.71. The number of carboxylic acids is 1. The molecule has 0 fully saturated rings. The first-order valence-electron chi connectivity index (χ1n) is 11.5. The Labute approximate surface area is 211 Å². The number of fused-ring (bicyclic) bond motifs is 2.